The van der Waals surface area contributed by atoms with Gasteiger partial charge in [0.05, 0.1) is 33.0 Å². The fraction of sp³-hybridized carbons (Fsp3) is 0.600. The lowest BCUT2D eigenvalue weighted by Gasteiger charge is -2.07. The molecule has 0 aliphatic carbocycles. The van der Waals surface area contributed by atoms with Gasteiger partial charge in [-0.2, -0.15) is 0 Å². The van der Waals surface area contributed by atoms with E-state index in [1.807, 2.05) is 0 Å². The Morgan fingerprint density at radius 3 is 2.53 bits per heavy atom. The molecule has 0 aliphatic rings. The average molecular weight is 267 g/mol. The van der Waals surface area contributed by atoms with Crippen LogP contribution in [0.3, 0.4) is 0 Å². The molecule has 4 nitrogen and oxygen atoms in total. The van der Waals surface area contributed by atoms with Crippen LogP contribution in [0.15, 0.2) is 24.3 Å². The summed E-state index contributed by atoms with van der Waals surface area (Å²) in [5.74, 6) is 0. The normalized spacial score (nSPS) is 10.8. The molecule has 0 heterocycles. The molecule has 0 atom stereocenters. The molecular formula is C15H25NO3. The highest BCUT2D eigenvalue weighted by Gasteiger charge is 1.97. The maximum Gasteiger partial charge on any atom is 0.0718 e. The second-order valence-corrected chi connectivity index (χ2v) is 4.26. The molecule has 1 N–H and O–H groups in total. The van der Waals surface area contributed by atoms with Crippen LogP contribution in [0.2, 0.25) is 0 Å². The molecule has 0 radical (unpaired) electrons. The molecule has 0 saturated carbocycles. The van der Waals surface area contributed by atoms with Crippen LogP contribution >= 0.6 is 0 Å². The van der Waals surface area contributed by atoms with Crippen LogP contribution in [0.4, 0.5) is 0 Å². The third kappa shape index (κ3) is 7.95. The standard InChI is InChI=1S/C15H25NO3/c1-3-16-12-14-5-4-6-15(11-14)13-19-10-9-18-8-7-17-2/h4-6,11,16H,3,7-10,12-13H2,1-2H3. The summed E-state index contributed by atoms with van der Waals surface area (Å²) in [6.07, 6.45) is 0. The minimum Gasteiger partial charge on any atom is -0.382 e. The number of rotatable bonds is 11. The summed E-state index contributed by atoms with van der Waals surface area (Å²) in [5.41, 5.74) is 2.49. The largest absolute Gasteiger partial charge is 0.382 e. The number of ether oxygens (including phenoxy) is 3. The van der Waals surface area contributed by atoms with Crippen LogP contribution in [0.1, 0.15) is 18.1 Å². The summed E-state index contributed by atoms with van der Waals surface area (Å²) in [5, 5.41) is 3.32. The Hall–Kier alpha value is -0.940. The Kier molecular flexibility index (Phi) is 9.27. The SMILES string of the molecule is CCNCc1cccc(COCCOCCOC)c1. The van der Waals surface area contributed by atoms with Crippen LogP contribution in [0, 0.1) is 0 Å². The van der Waals surface area contributed by atoms with Crippen molar-refractivity contribution in [2.24, 2.45) is 0 Å². The fourth-order valence-electron chi connectivity index (χ4n) is 1.65. The molecule has 1 aromatic carbocycles. The first-order valence-electron chi connectivity index (χ1n) is 6.79. The zero-order valence-electron chi connectivity index (χ0n) is 12.0. The van der Waals surface area contributed by atoms with Crippen LogP contribution in [0.25, 0.3) is 0 Å². The van der Waals surface area contributed by atoms with Crippen LogP contribution in [-0.4, -0.2) is 40.1 Å². The minimum atomic E-state index is 0.612. The van der Waals surface area contributed by atoms with E-state index in [0.29, 0.717) is 33.0 Å². The van der Waals surface area contributed by atoms with E-state index in [4.69, 9.17) is 14.2 Å². The summed E-state index contributed by atoms with van der Waals surface area (Å²) in [6.45, 7) is 7.11. The zero-order valence-corrected chi connectivity index (χ0v) is 12.0. The van der Waals surface area contributed by atoms with Crippen molar-refractivity contribution in [3.8, 4) is 0 Å². The predicted molar refractivity (Wildman–Crippen MR) is 76.2 cm³/mol. The van der Waals surface area contributed by atoms with Gasteiger partial charge in [0.15, 0.2) is 0 Å². The first kappa shape index (κ1) is 16.1. The van der Waals surface area contributed by atoms with Gasteiger partial charge in [0.2, 0.25) is 0 Å². The molecule has 0 aliphatic heterocycles. The second-order valence-electron chi connectivity index (χ2n) is 4.26. The predicted octanol–water partition coefficient (Wildman–Crippen LogP) is 1.98. The lowest BCUT2D eigenvalue weighted by Crippen LogP contribution is -2.12. The fourth-order valence-corrected chi connectivity index (χ4v) is 1.65. The number of nitrogens with one attached hydrogen (secondary N) is 1. The van der Waals surface area contributed by atoms with E-state index < -0.39 is 0 Å². The van der Waals surface area contributed by atoms with E-state index in [-0.39, 0.29) is 0 Å². The Labute approximate surface area is 116 Å². The van der Waals surface area contributed by atoms with Crippen LogP contribution in [0.5, 0.6) is 0 Å². The number of hydrogen-bond donors (Lipinski definition) is 1. The van der Waals surface area contributed by atoms with Gasteiger partial charge in [-0.15, -0.1) is 0 Å². The topological polar surface area (TPSA) is 39.7 Å². The van der Waals surface area contributed by atoms with E-state index in [0.717, 1.165) is 13.1 Å². The molecule has 0 saturated heterocycles. The Bertz CT molecular complexity index is 331. The quantitative estimate of drug-likeness (QED) is 0.622. The van der Waals surface area contributed by atoms with Crippen molar-refractivity contribution >= 4 is 0 Å². The molecule has 108 valence electrons. The van der Waals surface area contributed by atoms with Gasteiger partial charge in [0.1, 0.15) is 0 Å². The van der Waals surface area contributed by atoms with Gasteiger partial charge in [-0.3, -0.25) is 0 Å². The van der Waals surface area contributed by atoms with Gasteiger partial charge >= 0.3 is 0 Å². The Morgan fingerprint density at radius 1 is 1.00 bits per heavy atom. The van der Waals surface area contributed by atoms with E-state index in [1.54, 1.807) is 7.11 Å². The summed E-state index contributed by atoms with van der Waals surface area (Å²) < 4.78 is 15.8. The smallest absolute Gasteiger partial charge is 0.0718 e. The maximum absolute atomic E-state index is 5.57. The zero-order chi connectivity index (χ0) is 13.8. The van der Waals surface area contributed by atoms with Crippen LogP contribution in [-0.2, 0) is 27.4 Å². The highest BCUT2D eigenvalue weighted by molar-refractivity contribution is 5.22. The van der Waals surface area contributed by atoms with Crippen molar-refractivity contribution in [2.45, 2.75) is 20.1 Å². The molecule has 19 heavy (non-hydrogen) atoms. The third-order valence-corrected chi connectivity index (χ3v) is 2.64. The lowest BCUT2D eigenvalue weighted by atomic mass is 10.1. The van der Waals surface area contributed by atoms with Gasteiger partial charge in [-0.1, -0.05) is 31.2 Å². The van der Waals surface area contributed by atoms with Gasteiger partial charge in [0, 0.05) is 13.7 Å². The van der Waals surface area contributed by atoms with Gasteiger partial charge in [-0.25, -0.2) is 0 Å². The molecule has 0 spiro atoms. The van der Waals surface area contributed by atoms with Gasteiger partial charge < -0.3 is 19.5 Å². The molecule has 0 amide bonds. The number of benzene rings is 1. The van der Waals surface area contributed by atoms with Gasteiger partial charge in [-0.05, 0) is 17.7 Å². The lowest BCUT2D eigenvalue weighted by molar-refractivity contribution is 0.0199. The Balaban J connectivity index is 2.14. The summed E-state index contributed by atoms with van der Waals surface area (Å²) in [6, 6.07) is 8.45. The van der Waals surface area contributed by atoms with Gasteiger partial charge in [0.25, 0.3) is 0 Å². The molecule has 1 aromatic rings. The second kappa shape index (κ2) is 10.9. The van der Waals surface area contributed by atoms with Crippen molar-refractivity contribution in [3.63, 3.8) is 0 Å². The van der Waals surface area contributed by atoms with E-state index in [2.05, 4.69) is 36.5 Å². The van der Waals surface area contributed by atoms with Crippen molar-refractivity contribution in [1.29, 1.82) is 0 Å². The summed E-state index contributed by atoms with van der Waals surface area (Å²) >= 11 is 0. The summed E-state index contributed by atoms with van der Waals surface area (Å²) in [7, 11) is 1.67. The first-order valence-corrected chi connectivity index (χ1v) is 6.79. The van der Waals surface area contributed by atoms with E-state index >= 15 is 0 Å². The number of hydrogen-bond acceptors (Lipinski definition) is 4. The molecule has 0 bridgehead atoms. The van der Waals surface area contributed by atoms with Crippen LogP contribution < -0.4 is 5.32 Å². The molecule has 1 rings (SSSR count). The highest BCUT2D eigenvalue weighted by atomic mass is 16.5. The monoisotopic (exact) mass is 267 g/mol. The van der Waals surface area contributed by atoms with E-state index in [9.17, 15) is 0 Å². The molecule has 0 unspecified atom stereocenters. The minimum absolute atomic E-state index is 0.612. The van der Waals surface area contributed by atoms with Crippen molar-refractivity contribution in [3.05, 3.63) is 35.4 Å². The average Bonchev–Trinajstić information content (AvgIpc) is 2.44. The van der Waals surface area contributed by atoms with Crippen molar-refractivity contribution in [1.82, 2.24) is 5.32 Å². The molecule has 0 aromatic heterocycles. The molecule has 0 fully saturated rings. The molecule has 4 heteroatoms. The molecular weight excluding hydrogens is 242 g/mol. The van der Waals surface area contributed by atoms with E-state index in [1.165, 1.54) is 11.1 Å². The highest BCUT2D eigenvalue weighted by Crippen LogP contribution is 2.06. The maximum atomic E-state index is 5.57. The number of methoxy groups -OCH3 is 1. The van der Waals surface area contributed by atoms with Crippen molar-refractivity contribution in [2.75, 3.05) is 40.1 Å². The third-order valence-electron chi connectivity index (χ3n) is 2.64. The summed E-state index contributed by atoms with van der Waals surface area (Å²) in [4.78, 5) is 0. The Morgan fingerprint density at radius 2 is 1.74 bits per heavy atom. The first-order chi connectivity index (χ1) is 9.36. The van der Waals surface area contributed by atoms with Crippen molar-refractivity contribution < 1.29 is 14.2 Å².